The van der Waals surface area contributed by atoms with Crippen molar-refractivity contribution in [2.45, 2.75) is 44.5 Å². The Morgan fingerprint density at radius 1 is 1.24 bits per heavy atom. The van der Waals surface area contributed by atoms with E-state index >= 15 is 0 Å². The zero-order valence-corrected chi connectivity index (χ0v) is 13.5. The van der Waals surface area contributed by atoms with E-state index in [1.54, 1.807) is 37.3 Å². The summed E-state index contributed by atoms with van der Waals surface area (Å²) in [6.07, 6.45) is -5.28. The fraction of sp³-hybridized carbons (Fsp3) is 0.438. The number of hydrogen-bond donors (Lipinski definition) is 1. The van der Waals surface area contributed by atoms with Crippen molar-refractivity contribution in [2.75, 3.05) is 0 Å². The molecule has 9 heteroatoms. The third-order valence-electron chi connectivity index (χ3n) is 3.34. The van der Waals surface area contributed by atoms with E-state index < -0.39 is 18.2 Å². The predicted octanol–water partition coefficient (Wildman–Crippen LogP) is 3.40. The van der Waals surface area contributed by atoms with Gasteiger partial charge in [-0.1, -0.05) is 18.2 Å². The van der Waals surface area contributed by atoms with Crippen LogP contribution in [-0.4, -0.2) is 28.4 Å². The second-order valence-corrected chi connectivity index (χ2v) is 5.61. The summed E-state index contributed by atoms with van der Waals surface area (Å²) in [5.74, 6) is -2.34. The molecule has 25 heavy (non-hydrogen) atoms. The summed E-state index contributed by atoms with van der Waals surface area (Å²) in [6, 6.07) is 8.60. The van der Waals surface area contributed by atoms with Gasteiger partial charge in [0.25, 0.3) is 5.89 Å². The van der Waals surface area contributed by atoms with Crippen molar-refractivity contribution in [3.63, 3.8) is 0 Å². The molecule has 0 bridgehead atoms. The third kappa shape index (κ3) is 5.56. The largest absolute Gasteiger partial charge is 0.490 e. The van der Waals surface area contributed by atoms with Gasteiger partial charge in [0, 0.05) is 11.6 Å². The summed E-state index contributed by atoms with van der Waals surface area (Å²) in [4.78, 5) is 11.2. The van der Waals surface area contributed by atoms with Crippen molar-refractivity contribution in [3.05, 3.63) is 36.2 Å². The van der Waals surface area contributed by atoms with Crippen molar-refractivity contribution in [2.24, 2.45) is 5.73 Å². The van der Waals surface area contributed by atoms with Crippen molar-refractivity contribution in [1.29, 1.82) is 0 Å². The molecule has 0 fully saturated rings. The lowest BCUT2D eigenvalue weighted by atomic mass is 10.1. The van der Waals surface area contributed by atoms with Gasteiger partial charge in [0.1, 0.15) is 0 Å². The minimum Gasteiger partial charge on any atom is -0.446 e. The maximum absolute atomic E-state index is 12.5. The highest BCUT2D eigenvalue weighted by atomic mass is 19.4. The van der Waals surface area contributed by atoms with Crippen LogP contribution in [0.1, 0.15) is 38.2 Å². The Kier molecular flexibility index (Phi) is 6.13. The third-order valence-corrected chi connectivity index (χ3v) is 3.34. The topological polar surface area (TPSA) is 91.2 Å². The fourth-order valence-corrected chi connectivity index (χ4v) is 2.12. The first-order valence-electron chi connectivity index (χ1n) is 7.69. The number of benzene rings is 1. The van der Waals surface area contributed by atoms with Crippen LogP contribution in [0.4, 0.5) is 13.2 Å². The standard InChI is InChI=1S/C16H18F3N3O3/c1-10(20)6-5-9-12(24-15(23)16(17,18)19)14-22-21-13(25-14)11-7-3-2-4-8-11/h2-4,7-8,10,12H,5-6,9,20H2,1H3. The Hall–Kier alpha value is -2.42. The van der Waals surface area contributed by atoms with Gasteiger partial charge in [-0.05, 0) is 38.3 Å². The molecule has 2 rings (SSSR count). The second-order valence-electron chi connectivity index (χ2n) is 5.61. The van der Waals surface area contributed by atoms with E-state index in [0.717, 1.165) is 0 Å². The second kappa shape index (κ2) is 8.11. The molecule has 0 amide bonds. The first kappa shape index (κ1) is 18.9. The molecule has 1 heterocycles. The number of esters is 1. The molecule has 136 valence electrons. The molecule has 0 aliphatic heterocycles. The van der Waals surface area contributed by atoms with Crippen LogP contribution in [0.3, 0.4) is 0 Å². The minimum absolute atomic E-state index is 0.0970. The molecule has 0 saturated heterocycles. The van der Waals surface area contributed by atoms with E-state index in [1.807, 2.05) is 0 Å². The number of hydrogen-bond acceptors (Lipinski definition) is 6. The molecule has 6 nitrogen and oxygen atoms in total. The molecule has 0 spiro atoms. The Balaban J connectivity index is 2.16. The number of nitrogens with zero attached hydrogens (tertiary/aromatic N) is 2. The van der Waals surface area contributed by atoms with Gasteiger partial charge < -0.3 is 14.9 Å². The maximum Gasteiger partial charge on any atom is 0.490 e. The van der Waals surface area contributed by atoms with Gasteiger partial charge in [-0.2, -0.15) is 13.2 Å². The van der Waals surface area contributed by atoms with Gasteiger partial charge in [-0.25, -0.2) is 4.79 Å². The van der Waals surface area contributed by atoms with Gasteiger partial charge in [0.15, 0.2) is 6.10 Å². The highest BCUT2D eigenvalue weighted by Gasteiger charge is 2.43. The van der Waals surface area contributed by atoms with Gasteiger partial charge in [0.05, 0.1) is 0 Å². The molecule has 1 aromatic carbocycles. The molecular formula is C16H18F3N3O3. The lowest BCUT2D eigenvalue weighted by Crippen LogP contribution is -2.27. The first-order chi connectivity index (χ1) is 11.8. The Morgan fingerprint density at radius 2 is 1.92 bits per heavy atom. The van der Waals surface area contributed by atoms with Crippen LogP contribution in [0.15, 0.2) is 34.7 Å². The van der Waals surface area contributed by atoms with Gasteiger partial charge in [-0.3, -0.25) is 0 Å². The van der Waals surface area contributed by atoms with E-state index in [2.05, 4.69) is 14.9 Å². The molecule has 0 saturated carbocycles. The van der Waals surface area contributed by atoms with Crippen molar-refractivity contribution in [1.82, 2.24) is 10.2 Å². The molecule has 2 unspecified atom stereocenters. The number of alkyl halides is 3. The Bertz CT molecular complexity index is 687. The lowest BCUT2D eigenvalue weighted by molar-refractivity contribution is -0.206. The van der Waals surface area contributed by atoms with E-state index in [9.17, 15) is 18.0 Å². The summed E-state index contributed by atoms with van der Waals surface area (Å²) >= 11 is 0. The number of aromatic nitrogens is 2. The average molecular weight is 357 g/mol. The van der Waals surface area contributed by atoms with Crippen molar-refractivity contribution in [3.8, 4) is 11.5 Å². The molecule has 2 N–H and O–H groups in total. The molecule has 2 aromatic rings. The number of rotatable bonds is 7. The average Bonchev–Trinajstić information content (AvgIpc) is 3.03. The van der Waals surface area contributed by atoms with E-state index in [4.69, 9.17) is 10.2 Å². The summed E-state index contributed by atoms with van der Waals surface area (Å²) in [5.41, 5.74) is 6.24. The number of ether oxygens (including phenoxy) is 1. The van der Waals surface area contributed by atoms with E-state index in [-0.39, 0.29) is 24.2 Å². The Morgan fingerprint density at radius 3 is 2.52 bits per heavy atom. The highest BCUT2D eigenvalue weighted by Crippen LogP contribution is 2.29. The maximum atomic E-state index is 12.5. The highest BCUT2D eigenvalue weighted by molar-refractivity contribution is 5.75. The smallest absolute Gasteiger partial charge is 0.446 e. The summed E-state index contributed by atoms with van der Waals surface area (Å²) in [7, 11) is 0. The normalized spacial score (nSPS) is 14.1. The number of halogens is 3. The fourth-order valence-electron chi connectivity index (χ4n) is 2.12. The zero-order chi connectivity index (χ0) is 18.4. The monoisotopic (exact) mass is 357 g/mol. The summed E-state index contributed by atoms with van der Waals surface area (Å²) in [6.45, 7) is 1.77. The number of nitrogens with two attached hydrogens (primary N) is 1. The molecule has 0 aliphatic rings. The van der Waals surface area contributed by atoms with Gasteiger partial charge >= 0.3 is 12.1 Å². The SMILES string of the molecule is CC(N)CCCC(OC(=O)C(F)(F)F)c1nnc(-c2ccccc2)o1. The van der Waals surface area contributed by atoms with Crippen LogP contribution in [-0.2, 0) is 9.53 Å². The molecule has 2 atom stereocenters. The summed E-state index contributed by atoms with van der Waals surface area (Å²) < 4.78 is 47.4. The Labute approximate surface area is 142 Å². The van der Waals surface area contributed by atoms with E-state index in [1.165, 1.54) is 0 Å². The van der Waals surface area contributed by atoms with Crippen molar-refractivity contribution < 1.29 is 27.1 Å². The molecule has 1 aromatic heterocycles. The number of carbonyl (C=O) groups excluding carboxylic acids is 1. The zero-order valence-electron chi connectivity index (χ0n) is 13.5. The quantitative estimate of drug-likeness (QED) is 0.764. The van der Waals surface area contributed by atoms with Crippen LogP contribution in [0, 0.1) is 0 Å². The molecule has 0 aliphatic carbocycles. The molecule has 0 radical (unpaired) electrons. The van der Waals surface area contributed by atoms with Crippen molar-refractivity contribution >= 4 is 5.97 Å². The van der Waals surface area contributed by atoms with Gasteiger partial charge in [-0.15, -0.1) is 10.2 Å². The lowest BCUT2D eigenvalue weighted by Gasteiger charge is -2.16. The minimum atomic E-state index is -5.10. The molecular weight excluding hydrogens is 339 g/mol. The van der Waals surface area contributed by atoms with Crippen LogP contribution in [0.25, 0.3) is 11.5 Å². The van der Waals surface area contributed by atoms with Crippen LogP contribution < -0.4 is 5.73 Å². The van der Waals surface area contributed by atoms with Crippen LogP contribution in [0.2, 0.25) is 0 Å². The van der Waals surface area contributed by atoms with E-state index in [0.29, 0.717) is 18.4 Å². The van der Waals surface area contributed by atoms with Crippen LogP contribution in [0.5, 0.6) is 0 Å². The summed E-state index contributed by atoms with van der Waals surface area (Å²) in [5, 5.41) is 7.54. The first-order valence-corrected chi connectivity index (χ1v) is 7.69. The number of carbonyl (C=O) groups is 1. The van der Waals surface area contributed by atoms with Gasteiger partial charge in [0.2, 0.25) is 5.89 Å². The predicted molar refractivity (Wildman–Crippen MR) is 82.1 cm³/mol. The van der Waals surface area contributed by atoms with Crippen LogP contribution >= 0.6 is 0 Å².